The highest BCUT2D eigenvalue weighted by Gasteiger charge is 2.21. The van der Waals surface area contributed by atoms with Crippen molar-refractivity contribution in [1.29, 1.82) is 0 Å². The summed E-state index contributed by atoms with van der Waals surface area (Å²) in [6, 6.07) is 17.9. The lowest BCUT2D eigenvalue weighted by atomic mass is 10.0. The molecule has 1 aliphatic rings. The minimum absolute atomic E-state index is 0.0697. The fraction of sp³-hybridized carbons (Fsp3) is 0.269. The van der Waals surface area contributed by atoms with E-state index in [-0.39, 0.29) is 22.5 Å². The second-order valence-electron chi connectivity index (χ2n) is 8.91. The molecule has 0 bridgehead atoms. The van der Waals surface area contributed by atoms with Crippen molar-refractivity contribution in [3.05, 3.63) is 92.8 Å². The summed E-state index contributed by atoms with van der Waals surface area (Å²) in [7, 11) is -1.06. The molecule has 1 aliphatic heterocycles. The van der Waals surface area contributed by atoms with Gasteiger partial charge in [-0.05, 0) is 48.6 Å². The lowest BCUT2D eigenvalue weighted by molar-refractivity contribution is 0.579. The number of anilines is 2. The molecule has 0 saturated carbocycles. The molecule has 186 valence electrons. The number of benzene rings is 2. The van der Waals surface area contributed by atoms with Gasteiger partial charge >= 0.3 is 5.69 Å². The monoisotopic (exact) mass is 505 g/mol. The third kappa shape index (κ3) is 4.22. The summed E-state index contributed by atoms with van der Waals surface area (Å²) >= 11 is 0. The van der Waals surface area contributed by atoms with Crippen LogP contribution in [0.5, 0.6) is 0 Å². The molecular weight excluding hydrogens is 478 g/mol. The van der Waals surface area contributed by atoms with Gasteiger partial charge in [-0.2, -0.15) is 0 Å². The van der Waals surface area contributed by atoms with E-state index in [1.807, 2.05) is 24.3 Å². The van der Waals surface area contributed by atoms with Gasteiger partial charge < -0.3 is 4.90 Å². The van der Waals surface area contributed by atoms with Gasteiger partial charge in [0.2, 0.25) is 10.0 Å². The standard InChI is InChI=1S/C26H27N5O4S/c1-29-24-21(25(32)30(2)26(29)33)16-20(17-27-24)36(34,35)28-14-7-15-31-22-10-5-3-8-18(22)12-13-19-9-4-6-11-23(19)31/h3-6,8-11,16-17,28H,7,12-15H2,1-2H3. The van der Waals surface area contributed by atoms with Crippen LogP contribution < -0.4 is 20.9 Å². The number of hydrogen-bond donors (Lipinski definition) is 1. The third-order valence-electron chi connectivity index (χ3n) is 6.66. The summed E-state index contributed by atoms with van der Waals surface area (Å²) in [5, 5.41) is 0.0697. The molecule has 5 rings (SSSR count). The number of para-hydroxylation sites is 2. The highest BCUT2D eigenvalue weighted by Crippen LogP contribution is 2.35. The Morgan fingerprint density at radius 1 is 0.917 bits per heavy atom. The molecule has 10 heteroatoms. The minimum Gasteiger partial charge on any atom is -0.341 e. The van der Waals surface area contributed by atoms with Crippen LogP contribution >= 0.6 is 0 Å². The highest BCUT2D eigenvalue weighted by atomic mass is 32.2. The number of pyridine rings is 1. The Labute approximate surface area is 208 Å². The number of fused-ring (bicyclic) bond motifs is 3. The summed E-state index contributed by atoms with van der Waals surface area (Å²) in [4.78, 5) is 30.9. The number of hydrogen-bond acceptors (Lipinski definition) is 6. The van der Waals surface area contributed by atoms with Crippen molar-refractivity contribution in [1.82, 2.24) is 18.8 Å². The van der Waals surface area contributed by atoms with E-state index in [2.05, 4.69) is 38.9 Å². The molecule has 0 atom stereocenters. The largest absolute Gasteiger partial charge is 0.341 e. The van der Waals surface area contributed by atoms with Gasteiger partial charge in [0.25, 0.3) is 5.56 Å². The zero-order valence-corrected chi connectivity index (χ0v) is 21.0. The van der Waals surface area contributed by atoms with Crippen molar-refractivity contribution in [2.45, 2.75) is 24.2 Å². The topological polar surface area (TPSA) is 106 Å². The van der Waals surface area contributed by atoms with Crippen LogP contribution in [0.2, 0.25) is 0 Å². The summed E-state index contributed by atoms with van der Waals surface area (Å²) in [6.07, 6.45) is 3.65. The minimum atomic E-state index is -3.90. The fourth-order valence-corrected chi connectivity index (χ4v) is 5.78. The van der Waals surface area contributed by atoms with Gasteiger partial charge in [-0.3, -0.25) is 13.9 Å². The van der Waals surface area contributed by atoms with E-state index in [9.17, 15) is 18.0 Å². The van der Waals surface area contributed by atoms with E-state index in [1.54, 1.807) is 0 Å². The molecule has 0 fully saturated rings. The first-order valence-corrected chi connectivity index (χ1v) is 13.2. The molecule has 0 radical (unpaired) electrons. The van der Waals surface area contributed by atoms with Crippen LogP contribution in [-0.2, 0) is 37.0 Å². The molecule has 2 aromatic heterocycles. The lowest BCUT2D eigenvalue weighted by Crippen LogP contribution is -2.37. The first kappa shape index (κ1) is 24.0. The Morgan fingerprint density at radius 3 is 2.17 bits per heavy atom. The molecule has 3 heterocycles. The molecule has 0 saturated heterocycles. The average Bonchev–Trinajstić information content (AvgIpc) is 3.05. The van der Waals surface area contributed by atoms with Gasteiger partial charge in [-0.1, -0.05) is 36.4 Å². The van der Waals surface area contributed by atoms with Crippen molar-refractivity contribution in [3.8, 4) is 0 Å². The van der Waals surface area contributed by atoms with Crippen LogP contribution in [0.3, 0.4) is 0 Å². The number of aromatic nitrogens is 3. The summed E-state index contributed by atoms with van der Waals surface area (Å²) in [5.74, 6) is 0. The normalized spacial score (nSPS) is 13.3. The molecule has 1 N–H and O–H groups in total. The first-order valence-electron chi connectivity index (χ1n) is 11.8. The maximum Gasteiger partial charge on any atom is 0.332 e. The van der Waals surface area contributed by atoms with Crippen molar-refractivity contribution in [2.24, 2.45) is 14.1 Å². The molecular formula is C26H27N5O4S. The molecule has 0 unspecified atom stereocenters. The number of aryl methyl sites for hydroxylation is 3. The molecule has 0 aliphatic carbocycles. The van der Waals surface area contributed by atoms with Gasteiger partial charge in [-0.15, -0.1) is 0 Å². The smallest absolute Gasteiger partial charge is 0.332 e. The van der Waals surface area contributed by atoms with Crippen LogP contribution in [0.1, 0.15) is 17.5 Å². The Hall–Kier alpha value is -3.76. The maximum atomic E-state index is 13.0. The highest BCUT2D eigenvalue weighted by molar-refractivity contribution is 7.89. The predicted octanol–water partition coefficient (Wildman–Crippen LogP) is 2.24. The van der Waals surface area contributed by atoms with Gasteiger partial charge in [0.1, 0.15) is 10.5 Å². The van der Waals surface area contributed by atoms with Gasteiger partial charge in [0, 0.05) is 44.8 Å². The number of sulfonamides is 1. The van der Waals surface area contributed by atoms with E-state index in [0.717, 1.165) is 28.8 Å². The van der Waals surface area contributed by atoms with Crippen LogP contribution in [0, 0.1) is 0 Å². The van der Waals surface area contributed by atoms with Crippen LogP contribution in [-0.4, -0.2) is 35.6 Å². The number of rotatable bonds is 6. The van der Waals surface area contributed by atoms with E-state index in [0.29, 0.717) is 13.0 Å². The second kappa shape index (κ2) is 9.36. The molecule has 4 aromatic rings. The SMILES string of the molecule is Cn1c(=O)c2cc(S(=O)(=O)NCCCN3c4ccccc4CCc4ccccc43)cnc2n(C)c1=O. The maximum absolute atomic E-state index is 13.0. The van der Waals surface area contributed by atoms with E-state index in [4.69, 9.17) is 0 Å². The molecule has 2 aromatic carbocycles. The van der Waals surface area contributed by atoms with E-state index >= 15 is 0 Å². The molecule has 0 amide bonds. The van der Waals surface area contributed by atoms with Crippen molar-refractivity contribution < 1.29 is 8.42 Å². The number of nitrogens with one attached hydrogen (secondary N) is 1. The van der Waals surface area contributed by atoms with Crippen LogP contribution in [0.4, 0.5) is 11.4 Å². The van der Waals surface area contributed by atoms with E-state index < -0.39 is 21.3 Å². The van der Waals surface area contributed by atoms with E-state index in [1.165, 1.54) is 42.1 Å². The quantitative estimate of drug-likeness (QED) is 0.403. The van der Waals surface area contributed by atoms with Crippen molar-refractivity contribution in [3.63, 3.8) is 0 Å². The lowest BCUT2D eigenvalue weighted by Gasteiger charge is -2.27. The van der Waals surface area contributed by atoms with Crippen LogP contribution in [0.15, 0.2) is 75.3 Å². The second-order valence-corrected chi connectivity index (χ2v) is 10.7. The Kier molecular flexibility index (Phi) is 6.23. The van der Waals surface area contributed by atoms with Gasteiger partial charge in [-0.25, -0.2) is 22.9 Å². The fourth-order valence-electron chi connectivity index (χ4n) is 4.73. The zero-order chi connectivity index (χ0) is 25.4. The summed E-state index contributed by atoms with van der Waals surface area (Å²) in [6.45, 7) is 0.849. The first-order chi connectivity index (χ1) is 17.3. The Bertz CT molecular complexity index is 1640. The third-order valence-corrected chi connectivity index (χ3v) is 8.09. The predicted molar refractivity (Wildman–Crippen MR) is 139 cm³/mol. The molecule has 9 nitrogen and oxygen atoms in total. The Balaban J connectivity index is 1.35. The van der Waals surface area contributed by atoms with Crippen molar-refractivity contribution in [2.75, 3.05) is 18.0 Å². The summed E-state index contributed by atoms with van der Waals surface area (Å²) in [5.41, 5.74) is 3.86. The Morgan fingerprint density at radius 2 is 1.53 bits per heavy atom. The molecule has 36 heavy (non-hydrogen) atoms. The average molecular weight is 506 g/mol. The van der Waals surface area contributed by atoms with Crippen LogP contribution in [0.25, 0.3) is 11.0 Å². The molecule has 0 spiro atoms. The van der Waals surface area contributed by atoms with Gasteiger partial charge in [0.15, 0.2) is 0 Å². The van der Waals surface area contributed by atoms with Crippen molar-refractivity contribution >= 4 is 32.4 Å². The number of nitrogens with zero attached hydrogens (tertiary/aromatic N) is 4. The zero-order valence-electron chi connectivity index (χ0n) is 20.1. The van der Waals surface area contributed by atoms with Gasteiger partial charge in [0.05, 0.1) is 5.39 Å². The summed E-state index contributed by atoms with van der Waals surface area (Å²) < 4.78 is 30.8.